The third kappa shape index (κ3) is 4.28. The van der Waals surface area contributed by atoms with Gasteiger partial charge in [0.1, 0.15) is 23.8 Å². The van der Waals surface area contributed by atoms with Crippen molar-refractivity contribution in [2.24, 2.45) is 0 Å². The largest absolute Gasteiger partial charge is 0.366 e. The lowest BCUT2D eigenvalue weighted by Crippen LogP contribution is -2.47. The fourth-order valence-electron chi connectivity index (χ4n) is 3.00. The van der Waals surface area contributed by atoms with Gasteiger partial charge in [0.2, 0.25) is 5.95 Å². The van der Waals surface area contributed by atoms with Gasteiger partial charge < -0.3 is 15.1 Å². The molecule has 0 spiro atoms. The number of hydrogen-bond acceptors (Lipinski definition) is 7. The highest BCUT2D eigenvalue weighted by molar-refractivity contribution is 5.50. The van der Waals surface area contributed by atoms with Crippen molar-refractivity contribution in [3.63, 3.8) is 0 Å². The van der Waals surface area contributed by atoms with E-state index in [1.807, 2.05) is 12.1 Å². The van der Waals surface area contributed by atoms with Crippen molar-refractivity contribution in [1.29, 1.82) is 0 Å². The number of nitrogens with zero attached hydrogens (tertiary/aromatic N) is 6. The zero-order valence-electron chi connectivity index (χ0n) is 14.8. The smallest absolute Gasteiger partial charge is 0.225 e. The predicted molar refractivity (Wildman–Crippen MR) is 102 cm³/mol. The van der Waals surface area contributed by atoms with Gasteiger partial charge in [-0.1, -0.05) is 12.1 Å². The van der Waals surface area contributed by atoms with Crippen molar-refractivity contribution >= 4 is 17.6 Å². The highest BCUT2D eigenvalue weighted by Gasteiger charge is 2.20. The molecule has 0 amide bonds. The normalized spacial score (nSPS) is 14.3. The van der Waals surface area contributed by atoms with E-state index in [-0.39, 0.29) is 5.82 Å². The molecule has 0 aliphatic carbocycles. The Hall–Kier alpha value is -3.29. The summed E-state index contributed by atoms with van der Waals surface area (Å²) in [5, 5.41) is 3.26. The minimum Gasteiger partial charge on any atom is -0.366 e. The van der Waals surface area contributed by atoms with Crippen LogP contribution in [0, 0.1) is 5.82 Å². The molecule has 1 fully saturated rings. The molecule has 1 aliphatic heterocycles. The van der Waals surface area contributed by atoms with E-state index in [0.717, 1.165) is 49.3 Å². The number of rotatable bonds is 5. The fraction of sp³-hybridized carbons (Fsp3) is 0.263. The highest BCUT2D eigenvalue weighted by Crippen LogP contribution is 2.18. The van der Waals surface area contributed by atoms with Crippen LogP contribution in [0.3, 0.4) is 0 Å². The molecule has 1 aliphatic rings. The monoisotopic (exact) mass is 365 g/mol. The molecule has 27 heavy (non-hydrogen) atoms. The number of nitrogens with one attached hydrogen (secondary N) is 1. The SMILES string of the molecule is Fc1ccc(CNc2cc(N3CCN(c4ncccn4)CC3)ncn2)cc1. The Bertz CT molecular complexity index is 865. The number of piperazine rings is 1. The van der Waals surface area contributed by atoms with Gasteiger partial charge in [-0.3, -0.25) is 0 Å². The lowest BCUT2D eigenvalue weighted by atomic mass is 10.2. The molecular weight excluding hydrogens is 345 g/mol. The van der Waals surface area contributed by atoms with Crippen molar-refractivity contribution in [2.45, 2.75) is 6.54 Å². The zero-order valence-corrected chi connectivity index (χ0v) is 14.8. The molecule has 0 radical (unpaired) electrons. The quantitative estimate of drug-likeness (QED) is 0.744. The Morgan fingerprint density at radius 3 is 2.33 bits per heavy atom. The summed E-state index contributed by atoms with van der Waals surface area (Å²) in [5.74, 6) is 2.17. The van der Waals surface area contributed by atoms with Crippen LogP contribution in [0.2, 0.25) is 0 Å². The van der Waals surface area contributed by atoms with Crippen molar-refractivity contribution < 1.29 is 4.39 Å². The Balaban J connectivity index is 1.36. The number of benzene rings is 1. The summed E-state index contributed by atoms with van der Waals surface area (Å²) < 4.78 is 13.0. The van der Waals surface area contributed by atoms with E-state index in [1.165, 1.54) is 12.1 Å². The van der Waals surface area contributed by atoms with Crippen molar-refractivity contribution in [1.82, 2.24) is 19.9 Å². The summed E-state index contributed by atoms with van der Waals surface area (Å²) in [6.45, 7) is 3.94. The van der Waals surface area contributed by atoms with Crippen LogP contribution in [0.15, 0.2) is 55.1 Å². The van der Waals surface area contributed by atoms with E-state index in [0.29, 0.717) is 6.54 Å². The minimum atomic E-state index is -0.233. The predicted octanol–water partition coefficient (Wildman–Crippen LogP) is 2.34. The van der Waals surface area contributed by atoms with Crippen LogP contribution in [0.25, 0.3) is 0 Å². The van der Waals surface area contributed by atoms with Crippen LogP contribution in [0.4, 0.5) is 22.0 Å². The van der Waals surface area contributed by atoms with E-state index in [4.69, 9.17) is 0 Å². The molecule has 8 heteroatoms. The lowest BCUT2D eigenvalue weighted by Gasteiger charge is -2.35. The summed E-state index contributed by atoms with van der Waals surface area (Å²) in [5.41, 5.74) is 0.994. The standard InChI is InChI=1S/C19H20FN7/c20-16-4-2-15(3-5-16)13-23-17-12-18(25-14-24-17)26-8-10-27(11-9-26)19-21-6-1-7-22-19/h1-7,12,14H,8-11,13H2,(H,23,24,25). The van der Waals surface area contributed by atoms with Crippen LogP contribution >= 0.6 is 0 Å². The summed E-state index contributed by atoms with van der Waals surface area (Å²) in [4.78, 5) is 21.7. The molecule has 2 aromatic heterocycles. The summed E-state index contributed by atoms with van der Waals surface area (Å²) in [7, 11) is 0. The van der Waals surface area contributed by atoms with Crippen molar-refractivity contribution in [2.75, 3.05) is 41.3 Å². The maximum absolute atomic E-state index is 13.0. The third-order valence-electron chi connectivity index (χ3n) is 4.48. The van der Waals surface area contributed by atoms with E-state index < -0.39 is 0 Å². The maximum Gasteiger partial charge on any atom is 0.225 e. The van der Waals surface area contributed by atoms with Gasteiger partial charge in [0.25, 0.3) is 0 Å². The molecule has 7 nitrogen and oxygen atoms in total. The first-order chi connectivity index (χ1) is 13.3. The molecule has 1 N–H and O–H groups in total. The van der Waals surface area contributed by atoms with Gasteiger partial charge in [-0.25, -0.2) is 24.3 Å². The molecular formula is C19H20FN7. The number of halogens is 1. The van der Waals surface area contributed by atoms with E-state index in [9.17, 15) is 4.39 Å². The van der Waals surface area contributed by atoms with Crippen molar-refractivity contribution in [3.8, 4) is 0 Å². The number of anilines is 3. The van der Waals surface area contributed by atoms with Gasteiger partial charge >= 0.3 is 0 Å². The first-order valence-corrected chi connectivity index (χ1v) is 8.85. The first-order valence-electron chi connectivity index (χ1n) is 8.85. The molecule has 3 heterocycles. The molecule has 0 saturated carbocycles. The van der Waals surface area contributed by atoms with Crippen LogP contribution in [0.5, 0.6) is 0 Å². The first kappa shape index (κ1) is 17.1. The average Bonchev–Trinajstić information content (AvgIpc) is 2.74. The Morgan fingerprint density at radius 1 is 0.889 bits per heavy atom. The summed E-state index contributed by atoms with van der Waals surface area (Å²) in [6.07, 6.45) is 5.09. The Labute approximate surface area is 156 Å². The highest BCUT2D eigenvalue weighted by atomic mass is 19.1. The van der Waals surface area contributed by atoms with Crippen molar-refractivity contribution in [3.05, 3.63) is 66.5 Å². The fourth-order valence-corrected chi connectivity index (χ4v) is 3.00. The molecule has 3 aromatic rings. The molecule has 4 rings (SSSR count). The second kappa shape index (κ2) is 7.94. The third-order valence-corrected chi connectivity index (χ3v) is 4.48. The van der Waals surface area contributed by atoms with Crippen LogP contribution in [-0.2, 0) is 6.54 Å². The van der Waals surface area contributed by atoms with Gasteiger partial charge in [-0.05, 0) is 23.8 Å². The van der Waals surface area contributed by atoms with E-state index >= 15 is 0 Å². The molecule has 0 unspecified atom stereocenters. The van der Waals surface area contributed by atoms with E-state index in [2.05, 4.69) is 35.1 Å². The zero-order chi connectivity index (χ0) is 18.5. The lowest BCUT2D eigenvalue weighted by molar-refractivity contribution is 0.627. The molecule has 0 bridgehead atoms. The molecule has 1 saturated heterocycles. The Morgan fingerprint density at radius 2 is 1.59 bits per heavy atom. The van der Waals surface area contributed by atoms with Gasteiger partial charge in [-0.2, -0.15) is 0 Å². The van der Waals surface area contributed by atoms with Gasteiger partial charge in [0.05, 0.1) is 0 Å². The summed E-state index contributed by atoms with van der Waals surface area (Å²) in [6, 6.07) is 10.2. The molecule has 0 atom stereocenters. The van der Waals surface area contributed by atoms with E-state index in [1.54, 1.807) is 30.9 Å². The Kier molecular flexibility index (Phi) is 5.04. The maximum atomic E-state index is 13.0. The minimum absolute atomic E-state index is 0.233. The second-order valence-corrected chi connectivity index (χ2v) is 6.26. The number of hydrogen-bond donors (Lipinski definition) is 1. The van der Waals surface area contributed by atoms with Crippen LogP contribution < -0.4 is 15.1 Å². The second-order valence-electron chi connectivity index (χ2n) is 6.26. The average molecular weight is 365 g/mol. The molecule has 1 aromatic carbocycles. The van der Waals surface area contributed by atoms with Crippen LogP contribution in [0.1, 0.15) is 5.56 Å². The van der Waals surface area contributed by atoms with Crippen LogP contribution in [-0.4, -0.2) is 46.1 Å². The van der Waals surface area contributed by atoms with Gasteiger partial charge in [-0.15, -0.1) is 0 Å². The topological polar surface area (TPSA) is 70.1 Å². The molecule has 138 valence electrons. The van der Waals surface area contributed by atoms with Gasteiger partial charge in [0.15, 0.2) is 0 Å². The summed E-state index contributed by atoms with van der Waals surface area (Å²) >= 11 is 0. The van der Waals surface area contributed by atoms with Gasteiger partial charge in [0, 0.05) is 51.2 Å². The number of aromatic nitrogens is 4.